The Morgan fingerprint density at radius 3 is 2.36 bits per heavy atom. The molecular formula is C19H30N2O. The van der Waals surface area contributed by atoms with E-state index in [4.69, 9.17) is 4.74 Å². The van der Waals surface area contributed by atoms with Crippen LogP contribution in [0, 0.1) is 0 Å². The van der Waals surface area contributed by atoms with Crippen molar-refractivity contribution in [2.24, 2.45) is 0 Å². The molecule has 0 atom stereocenters. The number of hydrogen-bond donors (Lipinski definition) is 2. The minimum Gasteiger partial charge on any atom is -0.390 e. The SMILES string of the molecule is CNCCN/C=C\C(=C/COC)c1ccc(C(C)(C)C)cc1. The zero-order chi connectivity index (χ0) is 16.4. The Hall–Kier alpha value is -1.58. The number of methoxy groups -OCH3 is 1. The molecule has 0 spiro atoms. The zero-order valence-corrected chi connectivity index (χ0v) is 14.6. The standard InChI is InChI=1S/C19H30N2O/c1-19(2,3)18-8-6-16(7-9-18)17(11-15-22-5)10-12-21-14-13-20-4/h6-12,20-21H,13-15H2,1-5H3/b12-10-,17-11+. The lowest BCUT2D eigenvalue weighted by atomic mass is 9.86. The maximum Gasteiger partial charge on any atom is 0.0652 e. The summed E-state index contributed by atoms with van der Waals surface area (Å²) >= 11 is 0. The summed E-state index contributed by atoms with van der Waals surface area (Å²) in [6.45, 7) is 9.16. The first-order valence-electron chi connectivity index (χ1n) is 7.83. The van der Waals surface area contributed by atoms with Gasteiger partial charge >= 0.3 is 0 Å². The van der Waals surface area contributed by atoms with Gasteiger partial charge in [0.15, 0.2) is 0 Å². The van der Waals surface area contributed by atoms with Gasteiger partial charge in [-0.1, -0.05) is 51.1 Å². The summed E-state index contributed by atoms with van der Waals surface area (Å²) in [5, 5.41) is 6.39. The van der Waals surface area contributed by atoms with Crippen molar-refractivity contribution in [1.82, 2.24) is 10.6 Å². The largest absolute Gasteiger partial charge is 0.390 e. The molecule has 22 heavy (non-hydrogen) atoms. The van der Waals surface area contributed by atoms with Crippen LogP contribution in [0.15, 0.2) is 42.6 Å². The first-order valence-corrected chi connectivity index (χ1v) is 7.83. The van der Waals surface area contributed by atoms with Crippen molar-refractivity contribution >= 4 is 5.57 Å². The van der Waals surface area contributed by atoms with Crippen molar-refractivity contribution < 1.29 is 4.74 Å². The molecule has 1 aromatic carbocycles. The maximum atomic E-state index is 5.18. The highest BCUT2D eigenvalue weighted by atomic mass is 16.5. The second-order valence-electron chi connectivity index (χ2n) is 6.33. The van der Waals surface area contributed by atoms with Gasteiger partial charge in [-0.15, -0.1) is 0 Å². The van der Waals surface area contributed by atoms with E-state index in [0.29, 0.717) is 6.61 Å². The number of benzene rings is 1. The van der Waals surface area contributed by atoms with Crippen molar-refractivity contribution in [3.63, 3.8) is 0 Å². The van der Waals surface area contributed by atoms with E-state index < -0.39 is 0 Å². The van der Waals surface area contributed by atoms with Gasteiger partial charge in [-0.05, 0) is 41.4 Å². The van der Waals surface area contributed by atoms with Gasteiger partial charge in [0.05, 0.1) is 6.61 Å². The van der Waals surface area contributed by atoms with Gasteiger partial charge in [0.25, 0.3) is 0 Å². The molecular weight excluding hydrogens is 272 g/mol. The molecule has 0 fully saturated rings. The zero-order valence-electron chi connectivity index (χ0n) is 14.6. The number of allylic oxidation sites excluding steroid dienone is 2. The van der Waals surface area contributed by atoms with Gasteiger partial charge in [0.2, 0.25) is 0 Å². The monoisotopic (exact) mass is 302 g/mol. The fourth-order valence-electron chi connectivity index (χ4n) is 2.05. The lowest BCUT2D eigenvalue weighted by Gasteiger charge is -2.19. The van der Waals surface area contributed by atoms with Crippen LogP contribution in [-0.2, 0) is 10.2 Å². The smallest absolute Gasteiger partial charge is 0.0652 e. The lowest BCUT2D eigenvalue weighted by molar-refractivity contribution is 0.234. The Morgan fingerprint density at radius 2 is 1.82 bits per heavy atom. The highest BCUT2D eigenvalue weighted by Gasteiger charge is 2.13. The molecule has 3 nitrogen and oxygen atoms in total. The first kappa shape index (κ1) is 18.5. The average Bonchev–Trinajstić information content (AvgIpc) is 2.49. The molecule has 0 aromatic heterocycles. The quantitative estimate of drug-likeness (QED) is 0.571. The summed E-state index contributed by atoms with van der Waals surface area (Å²) in [6.07, 6.45) is 6.19. The number of likely N-dealkylation sites (N-methyl/N-ethyl adjacent to an activating group) is 1. The number of nitrogens with one attached hydrogen (secondary N) is 2. The van der Waals surface area contributed by atoms with Crippen LogP contribution in [0.3, 0.4) is 0 Å². The Kier molecular flexibility index (Phi) is 7.92. The van der Waals surface area contributed by atoms with Crippen LogP contribution >= 0.6 is 0 Å². The Labute approximate surface area is 135 Å². The Morgan fingerprint density at radius 1 is 1.14 bits per heavy atom. The molecule has 0 aliphatic rings. The van der Waals surface area contributed by atoms with E-state index in [1.54, 1.807) is 7.11 Å². The first-order chi connectivity index (χ1) is 10.5. The van der Waals surface area contributed by atoms with Crippen molar-refractivity contribution in [1.29, 1.82) is 0 Å². The molecule has 0 heterocycles. The summed E-state index contributed by atoms with van der Waals surface area (Å²) in [5.41, 5.74) is 3.90. The molecule has 0 bridgehead atoms. The second kappa shape index (κ2) is 9.44. The van der Waals surface area contributed by atoms with Crippen molar-refractivity contribution in [2.45, 2.75) is 26.2 Å². The second-order valence-corrected chi connectivity index (χ2v) is 6.33. The molecule has 0 aliphatic carbocycles. The van der Waals surface area contributed by atoms with E-state index in [1.807, 2.05) is 13.2 Å². The molecule has 0 amide bonds. The van der Waals surface area contributed by atoms with Gasteiger partial charge in [-0.2, -0.15) is 0 Å². The summed E-state index contributed by atoms with van der Waals surface area (Å²) < 4.78 is 5.18. The minimum absolute atomic E-state index is 0.180. The van der Waals surface area contributed by atoms with Crippen molar-refractivity contribution in [3.05, 3.63) is 53.7 Å². The van der Waals surface area contributed by atoms with Gasteiger partial charge in [0, 0.05) is 20.2 Å². The molecule has 122 valence electrons. The van der Waals surface area contributed by atoms with Gasteiger partial charge < -0.3 is 15.4 Å². The van der Waals surface area contributed by atoms with Crippen LogP contribution in [0.4, 0.5) is 0 Å². The Balaban J connectivity index is 2.83. The summed E-state index contributed by atoms with van der Waals surface area (Å²) in [5.74, 6) is 0. The van der Waals surface area contributed by atoms with Gasteiger partial charge in [-0.3, -0.25) is 0 Å². The molecule has 0 aliphatic heterocycles. The maximum absolute atomic E-state index is 5.18. The van der Waals surface area contributed by atoms with E-state index in [-0.39, 0.29) is 5.41 Å². The normalized spacial score (nSPS) is 12.9. The third kappa shape index (κ3) is 6.46. The molecule has 0 radical (unpaired) electrons. The molecule has 0 saturated heterocycles. The number of hydrogen-bond acceptors (Lipinski definition) is 3. The van der Waals surface area contributed by atoms with Crippen LogP contribution in [-0.4, -0.2) is 33.9 Å². The lowest BCUT2D eigenvalue weighted by Crippen LogP contribution is -2.20. The fourth-order valence-corrected chi connectivity index (χ4v) is 2.05. The van der Waals surface area contributed by atoms with E-state index in [0.717, 1.165) is 13.1 Å². The summed E-state index contributed by atoms with van der Waals surface area (Å²) in [7, 11) is 3.66. The highest BCUT2D eigenvalue weighted by molar-refractivity contribution is 5.74. The third-order valence-corrected chi connectivity index (χ3v) is 3.45. The van der Waals surface area contributed by atoms with E-state index >= 15 is 0 Å². The fraction of sp³-hybridized carbons (Fsp3) is 0.474. The highest BCUT2D eigenvalue weighted by Crippen LogP contribution is 2.24. The molecule has 0 saturated carbocycles. The molecule has 2 N–H and O–H groups in total. The number of ether oxygens (including phenoxy) is 1. The molecule has 1 aromatic rings. The van der Waals surface area contributed by atoms with Crippen LogP contribution in [0.25, 0.3) is 5.57 Å². The Bertz CT molecular complexity index is 481. The van der Waals surface area contributed by atoms with Crippen LogP contribution in [0.2, 0.25) is 0 Å². The number of rotatable bonds is 8. The molecule has 1 rings (SSSR count). The van der Waals surface area contributed by atoms with E-state index in [2.05, 4.69) is 67.8 Å². The third-order valence-electron chi connectivity index (χ3n) is 3.45. The van der Waals surface area contributed by atoms with E-state index in [9.17, 15) is 0 Å². The predicted octanol–water partition coefficient (Wildman–Crippen LogP) is 3.34. The van der Waals surface area contributed by atoms with Crippen LogP contribution in [0.5, 0.6) is 0 Å². The molecule has 3 heteroatoms. The molecule has 0 unspecified atom stereocenters. The van der Waals surface area contributed by atoms with Crippen LogP contribution < -0.4 is 10.6 Å². The van der Waals surface area contributed by atoms with E-state index in [1.165, 1.54) is 16.7 Å². The minimum atomic E-state index is 0.180. The summed E-state index contributed by atoms with van der Waals surface area (Å²) in [6, 6.07) is 8.77. The van der Waals surface area contributed by atoms with Crippen molar-refractivity contribution in [2.75, 3.05) is 33.9 Å². The van der Waals surface area contributed by atoms with Gasteiger partial charge in [0.1, 0.15) is 0 Å². The van der Waals surface area contributed by atoms with Gasteiger partial charge in [-0.25, -0.2) is 0 Å². The van der Waals surface area contributed by atoms with Crippen LogP contribution in [0.1, 0.15) is 31.9 Å². The van der Waals surface area contributed by atoms with Crippen molar-refractivity contribution in [3.8, 4) is 0 Å². The summed E-state index contributed by atoms with van der Waals surface area (Å²) in [4.78, 5) is 0. The predicted molar refractivity (Wildman–Crippen MR) is 96.1 cm³/mol. The topological polar surface area (TPSA) is 33.3 Å². The average molecular weight is 302 g/mol.